The Morgan fingerprint density at radius 3 is 2.70 bits per heavy atom. The van der Waals surface area contributed by atoms with Crippen molar-refractivity contribution in [1.82, 2.24) is 10.3 Å². The number of carbonyl (C=O) groups excluding carboxylic acids is 1. The summed E-state index contributed by atoms with van der Waals surface area (Å²) in [6, 6.07) is 11.8. The standard InChI is InChI=1S/C18H20ClN3O/c1-20-17(23)16-7-6-15(11-21-16)22-12-18(8-3-9-18)13-4-2-5-14(19)10-13/h2,4-7,10-11,22H,3,8-9,12H2,1H3,(H,20,23). The summed E-state index contributed by atoms with van der Waals surface area (Å²) in [5.74, 6) is -0.175. The van der Waals surface area contributed by atoms with E-state index in [-0.39, 0.29) is 11.3 Å². The molecule has 2 aromatic rings. The maximum absolute atomic E-state index is 11.5. The lowest BCUT2D eigenvalue weighted by Crippen LogP contribution is -2.41. The Labute approximate surface area is 141 Å². The van der Waals surface area contributed by atoms with Crippen molar-refractivity contribution in [3.63, 3.8) is 0 Å². The van der Waals surface area contributed by atoms with E-state index >= 15 is 0 Å². The quantitative estimate of drug-likeness (QED) is 0.880. The molecule has 0 radical (unpaired) electrons. The van der Waals surface area contributed by atoms with Crippen LogP contribution in [-0.4, -0.2) is 24.5 Å². The average Bonchev–Trinajstić information content (AvgIpc) is 2.54. The molecule has 23 heavy (non-hydrogen) atoms. The molecule has 1 aliphatic carbocycles. The SMILES string of the molecule is CNC(=O)c1ccc(NCC2(c3cccc(Cl)c3)CCC2)cn1. The molecule has 3 rings (SSSR count). The van der Waals surface area contributed by atoms with E-state index in [2.05, 4.69) is 27.8 Å². The van der Waals surface area contributed by atoms with E-state index in [1.54, 1.807) is 19.3 Å². The van der Waals surface area contributed by atoms with Crippen molar-refractivity contribution in [2.75, 3.05) is 18.9 Å². The number of aromatic nitrogens is 1. The number of hydrogen-bond acceptors (Lipinski definition) is 3. The Morgan fingerprint density at radius 1 is 1.30 bits per heavy atom. The van der Waals surface area contributed by atoms with Crippen LogP contribution in [0.5, 0.6) is 0 Å². The van der Waals surface area contributed by atoms with Crippen LogP contribution >= 0.6 is 11.6 Å². The van der Waals surface area contributed by atoms with Gasteiger partial charge in [0.25, 0.3) is 5.91 Å². The molecular formula is C18H20ClN3O. The maximum Gasteiger partial charge on any atom is 0.269 e. The molecule has 0 atom stereocenters. The third kappa shape index (κ3) is 3.32. The minimum absolute atomic E-state index is 0.143. The van der Waals surface area contributed by atoms with Gasteiger partial charge in [-0.25, -0.2) is 4.98 Å². The van der Waals surface area contributed by atoms with Crippen molar-refractivity contribution in [2.24, 2.45) is 0 Å². The van der Waals surface area contributed by atoms with Crippen LogP contribution in [0, 0.1) is 0 Å². The number of rotatable bonds is 5. The van der Waals surface area contributed by atoms with Gasteiger partial charge >= 0.3 is 0 Å². The molecule has 1 aliphatic rings. The van der Waals surface area contributed by atoms with E-state index in [1.165, 1.54) is 12.0 Å². The highest BCUT2D eigenvalue weighted by Gasteiger charge is 2.38. The molecule has 1 saturated carbocycles. The molecule has 1 aromatic carbocycles. The first kappa shape index (κ1) is 15.8. The normalized spacial score (nSPS) is 15.6. The highest BCUT2D eigenvalue weighted by Crippen LogP contribution is 2.44. The van der Waals surface area contributed by atoms with E-state index in [4.69, 9.17) is 11.6 Å². The fourth-order valence-electron chi connectivity index (χ4n) is 3.02. The molecule has 120 valence electrons. The van der Waals surface area contributed by atoms with E-state index in [9.17, 15) is 4.79 Å². The zero-order chi connectivity index (χ0) is 16.3. The van der Waals surface area contributed by atoms with Gasteiger partial charge in [-0.1, -0.05) is 30.2 Å². The highest BCUT2D eigenvalue weighted by molar-refractivity contribution is 6.30. The van der Waals surface area contributed by atoms with Gasteiger partial charge in [-0.3, -0.25) is 4.79 Å². The van der Waals surface area contributed by atoms with Crippen LogP contribution in [-0.2, 0) is 5.41 Å². The van der Waals surface area contributed by atoms with E-state index < -0.39 is 0 Å². The molecule has 5 heteroatoms. The van der Waals surface area contributed by atoms with Crippen LogP contribution in [0.4, 0.5) is 5.69 Å². The zero-order valence-corrected chi connectivity index (χ0v) is 13.9. The molecule has 0 bridgehead atoms. The summed E-state index contributed by atoms with van der Waals surface area (Å²) in [6.07, 6.45) is 5.26. The first-order valence-corrected chi connectivity index (χ1v) is 8.19. The third-order valence-electron chi connectivity index (χ3n) is 4.60. The number of anilines is 1. The lowest BCUT2D eigenvalue weighted by Gasteiger charge is -2.43. The number of nitrogens with zero attached hydrogens (tertiary/aromatic N) is 1. The number of hydrogen-bond donors (Lipinski definition) is 2. The van der Waals surface area contributed by atoms with Crippen LogP contribution in [0.1, 0.15) is 35.3 Å². The minimum atomic E-state index is -0.175. The third-order valence-corrected chi connectivity index (χ3v) is 4.84. The molecule has 2 N–H and O–H groups in total. The Morgan fingerprint density at radius 2 is 2.13 bits per heavy atom. The largest absolute Gasteiger partial charge is 0.383 e. The van der Waals surface area contributed by atoms with Crippen molar-refractivity contribution < 1.29 is 4.79 Å². The second-order valence-corrected chi connectivity index (χ2v) is 6.45. The summed E-state index contributed by atoms with van der Waals surface area (Å²) in [5.41, 5.74) is 2.78. The zero-order valence-electron chi connectivity index (χ0n) is 13.1. The van der Waals surface area contributed by atoms with E-state index in [0.29, 0.717) is 5.69 Å². The number of halogens is 1. The predicted octanol–water partition coefficient (Wildman–Crippen LogP) is 3.63. The number of amides is 1. The molecule has 0 unspecified atom stereocenters. The number of pyridine rings is 1. The van der Waals surface area contributed by atoms with Crippen molar-refractivity contribution in [1.29, 1.82) is 0 Å². The summed E-state index contributed by atoms with van der Waals surface area (Å²) >= 11 is 6.14. The number of nitrogens with one attached hydrogen (secondary N) is 2. The Balaban J connectivity index is 1.70. The van der Waals surface area contributed by atoms with Crippen molar-refractivity contribution in [2.45, 2.75) is 24.7 Å². The molecule has 0 spiro atoms. The summed E-state index contributed by atoms with van der Waals surface area (Å²) < 4.78 is 0. The van der Waals surface area contributed by atoms with Gasteiger partial charge in [0.05, 0.1) is 11.9 Å². The average molecular weight is 330 g/mol. The Kier molecular flexibility index (Phi) is 4.53. The summed E-state index contributed by atoms with van der Waals surface area (Å²) in [5, 5.41) is 6.80. The van der Waals surface area contributed by atoms with Crippen LogP contribution in [0.15, 0.2) is 42.6 Å². The summed E-state index contributed by atoms with van der Waals surface area (Å²) in [4.78, 5) is 15.7. The van der Waals surface area contributed by atoms with Gasteiger partial charge < -0.3 is 10.6 Å². The van der Waals surface area contributed by atoms with Gasteiger partial charge in [-0.2, -0.15) is 0 Å². The van der Waals surface area contributed by atoms with E-state index in [1.807, 2.05) is 18.2 Å². The first-order chi connectivity index (χ1) is 11.1. The smallest absolute Gasteiger partial charge is 0.269 e. The second-order valence-electron chi connectivity index (χ2n) is 6.01. The van der Waals surface area contributed by atoms with Crippen LogP contribution < -0.4 is 10.6 Å². The summed E-state index contributed by atoms with van der Waals surface area (Å²) in [6.45, 7) is 0.842. The topological polar surface area (TPSA) is 54.0 Å². The molecule has 1 heterocycles. The van der Waals surface area contributed by atoms with E-state index in [0.717, 1.165) is 30.1 Å². The number of carbonyl (C=O) groups is 1. The Bertz CT molecular complexity index is 696. The van der Waals surface area contributed by atoms with Crippen molar-refractivity contribution >= 4 is 23.2 Å². The van der Waals surface area contributed by atoms with Crippen molar-refractivity contribution in [3.8, 4) is 0 Å². The maximum atomic E-state index is 11.5. The van der Waals surface area contributed by atoms with Crippen LogP contribution in [0.3, 0.4) is 0 Å². The van der Waals surface area contributed by atoms with Gasteiger partial charge in [-0.05, 0) is 42.7 Å². The molecule has 0 saturated heterocycles. The first-order valence-electron chi connectivity index (χ1n) is 7.81. The van der Waals surface area contributed by atoms with Gasteiger partial charge in [0.1, 0.15) is 5.69 Å². The van der Waals surface area contributed by atoms with Gasteiger partial charge in [0, 0.05) is 24.0 Å². The van der Waals surface area contributed by atoms with Gasteiger partial charge in [0.15, 0.2) is 0 Å². The summed E-state index contributed by atoms with van der Waals surface area (Å²) in [7, 11) is 1.60. The highest BCUT2D eigenvalue weighted by atomic mass is 35.5. The minimum Gasteiger partial charge on any atom is -0.383 e. The van der Waals surface area contributed by atoms with Crippen molar-refractivity contribution in [3.05, 3.63) is 58.9 Å². The monoisotopic (exact) mass is 329 g/mol. The molecule has 0 aliphatic heterocycles. The molecule has 1 amide bonds. The molecular weight excluding hydrogens is 310 g/mol. The van der Waals surface area contributed by atoms with Gasteiger partial charge in [-0.15, -0.1) is 0 Å². The number of benzene rings is 1. The fraction of sp³-hybridized carbons (Fsp3) is 0.333. The second kappa shape index (κ2) is 6.59. The van der Waals surface area contributed by atoms with Gasteiger partial charge in [0.2, 0.25) is 0 Å². The molecule has 4 nitrogen and oxygen atoms in total. The predicted molar refractivity (Wildman–Crippen MR) is 93.1 cm³/mol. The molecule has 1 aromatic heterocycles. The van der Waals surface area contributed by atoms with Crippen LogP contribution in [0.25, 0.3) is 0 Å². The van der Waals surface area contributed by atoms with Crippen LogP contribution in [0.2, 0.25) is 5.02 Å². The lowest BCUT2D eigenvalue weighted by molar-refractivity contribution is 0.0958. The Hall–Kier alpha value is -2.07. The molecule has 1 fully saturated rings. The fourth-order valence-corrected chi connectivity index (χ4v) is 3.21. The lowest BCUT2D eigenvalue weighted by atomic mass is 9.64.